The summed E-state index contributed by atoms with van der Waals surface area (Å²) in [6.45, 7) is 0. The van der Waals surface area contributed by atoms with Crippen LogP contribution >= 0.6 is 12.4 Å². The molecule has 0 aromatic heterocycles. The SMILES string of the molecule is Cl.NC(CCC(Cc1ccccc1)NC(=O)O)Cc1ccccc1. The summed E-state index contributed by atoms with van der Waals surface area (Å²) in [5, 5.41) is 11.6. The van der Waals surface area contributed by atoms with Gasteiger partial charge in [-0.3, -0.25) is 0 Å². The summed E-state index contributed by atoms with van der Waals surface area (Å²) in [4.78, 5) is 11.0. The van der Waals surface area contributed by atoms with E-state index in [1.165, 1.54) is 5.56 Å². The van der Waals surface area contributed by atoms with E-state index in [9.17, 15) is 4.79 Å². The number of rotatable bonds is 8. The van der Waals surface area contributed by atoms with Crippen LogP contribution in [-0.2, 0) is 12.8 Å². The van der Waals surface area contributed by atoms with Crippen LogP contribution in [0.25, 0.3) is 0 Å². The molecule has 2 rings (SSSR count). The lowest BCUT2D eigenvalue weighted by Crippen LogP contribution is -2.37. The largest absolute Gasteiger partial charge is 0.465 e. The number of nitrogens with one attached hydrogen (secondary N) is 1. The van der Waals surface area contributed by atoms with Crippen molar-refractivity contribution >= 4 is 18.5 Å². The van der Waals surface area contributed by atoms with Crippen LogP contribution in [0.3, 0.4) is 0 Å². The molecule has 2 unspecified atom stereocenters. The monoisotopic (exact) mass is 348 g/mol. The molecular weight excluding hydrogens is 324 g/mol. The fourth-order valence-corrected chi connectivity index (χ4v) is 2.73. The van der Waals surface area contributed by atoms with E-state index in [0.717, 1.165) is 24.8 Å². The predicted octanol–water partition coefficient (Wildman–Crippen LogP) is 3.64. The van der Waals surface area contributed by atoms with Gasteiger partial charge in [-0.1, -0.05) is 60.7 Å². The van der Waals surface area contributed by atoms with Gasteiger partial charge in [0.1, 0.15) is 0 Å². The van der Waals surface area contributed by atoms with Crippen LogP contribution < -0.4 is 11.1 Å². The first kappa shape index (κ1) is 20.0. The quantitative estimate of drug-likeness (QED) is 0.681. The maximum Gasteiger partial charge on any atom is 0.404 e. The Kier molecular flexibility index (Phi) is 8.90. The summed E-state index contributed by atoms with van der Waals surface area (Å²) >= 11 is 0. The number of carbonyl (C=O) groups is 1. The van der Waals surface area contributed by atoms with Crippen LogP contribution in [0.15, 0.2) is 60.7 Å². The lowest BCUT2D eigenvalue weighted by molar-refractivity contribution is 0.188. The zero-order valence-electron chi connectivity index (χ0n) is 13.6. The normalized spacial score (nSPS) is 12.7. The van der Waals surface area contributed by atoms with E-state index in [2.05, 4.69) is 17.4 Å². The molecule has 5 heteroatoms. The molecule has 4 N–H and O–H groups in total. The maximum atomic E-state index is 11.0. The molecule has 24 heavy (non-hydrogen) atoms. The fraction of sp³-hybridized carbons (Fsp3) is 0.316. The predicted molar refractivity (Wildman–Crippen MR) is 99.7 cm³/mol. The molecule has 0 aliphatic heterocycles. The molecule has 0 saturated carbocycles. The minimum absolute atomic E-state index is 0. The van der Waals surface area contributed by atoms with Gasteiger partial charge in [0.15, 0.2) is 0 Å². The topological polar surface area (TPSA) is 75.3 Å². The lowest BCUT2D eigenvalue weighted by Gasteiger charge is -2.19. The second-order valence-electron chi connectivity index (χ2n) is 5.86. The van der Waals surface area contributed by atoms with Crippen LogP contribution in [-0.4, -0.2) is 23.3 Å². The average molecular weight is 349 g/mol. The third-order valence-corrected chi connectivity index (χ3v) is 3.88. The highest BCUT2D eigenvalue weighted by Gasteiger charge is 2.14. The molecule has 1 amide bonds. The van der Waals surface area contributed by atoms with E-state index in [4.69, 9.17) is 10.8 Å². The average Bonchev–Trinajstić information content (AvgIpc) is 2.54. The van der Waals surface area contributed by atoms with Crippen molar-refractivity contribution in [2.24, 2.45) is 5.73 Å². The Balaban J connectivity index is 0.00000288. The first-order valence-electron chi connectivity index (χ1n) is 7.96. The molecule has 0 spiro atoms. The lowest BCUT2D eigenvalue weighted by atomic mass is 9.96. The van der Waals surface area contributed by atoms with Crippen molar-refractivity contribution in [3.05, 3.63) is 71.8 Å². The first-order chi connectivity index (χ1) is 11.1. The van der Waals surface area contributed by atoms with Crippen molar-refractivity contribution in [3.8, 4) is 0 Å². The molecule has 2 aromatic rings. The van der Waals surface area contributed by atoms with Crippen molar-refractivity contribution in [2.45, 2.75) is 37.8 Å². The number of nitrogens with two attached hydrogens (primary N) is 1. The third-order valence-electron chi connectivity index (χ3n) is 3.88. The molecule has 0 bridgehead atoms. The molecule has 130 valence electrons. The molecule has 0 fully saturated rings. The smallest absolute Gasteiger partial charge is 0.404 e. The van der Waals surface area contributed by atoms with Gasteiger partial charge in [-0.25, -0.2) is 4.79 Å². The van der Waals surface area contributed by atoms with Crippen LogP contribution in [0.4, 0.5) is 4.79 Å². The second kappa shape index (κ2) is 10.7. The van der Waals surface area contributed by atoms with Gasteiger partial charge in [0, 0.05) is 12.1 Å². The highest BCUT2D eigenvalue weighted by Crippen LogP contribution is 2.11. The summed E-state index contributed by atoms with van der Waals surface area (Å²) in [7, 11) is 0. The van der Waals surface area contributed by atoms with E-state index in [0.29, 0.717) is 6.42 Å². The molecule has 2 aromatic carbocycles. The molecule has 0 radical (unpaired) electrons. The number of amides is 1. The third kappa shape index (κ3) is 7.49. The Hall–Kier alpha value is -2.04. The molecule has 2 atom stereocenters. The Morgan fingerprint density at radius 2 is 1.42 bits per heavy atom. The molecule has 0 aliphatic rings. The van der Waals surface area contributed by atoms with Gasteiger partial charge in [0.25, 0.3) is 0 Å². The van der Waals surface area contributed by atoms with Gasteiger partial charge in [-0.15, -0.1) is 12.4 Å². The standard InChI is InChI=1S/C19H24N2O2.ClH/c20-17(13-15-7-3-1-4-8-15)11-12-18(21-19(22)23)14-16-9-5-2-6-10-16;/h1-10,17-18,21H,11-14,20H2,(H,22,23);1H. The summed E-state index contributed by atoms with van der Waals surface area (Å²) in [6.07, 6.45) is 2.03. The summed E-state index contributed by atoms with van der Waals surface area (Å²) in [6, 6.07) is 20.0. The van der Waals surface area contributed by atoms with Crippen molar-refractivity contribution in [1.29, 1.82) is 0 Å². The summed E-state index contributed by atoms with van der Waals surface area (Å²) in [5.41, 5.74) is 8.54. The number of benzene rings is 2. The van der Waals surface area contributed by atoms with Crippen molar-refractivity contribution < 1.29 is 9.90 Å². The van der Waals surface area contributed by atoms with Gasteiger partial charge < -0.3 is 16.2 Å². The van der Waals surface area contributed by atoms with E-state index >= 15 is 0 Å². The van der Waals surface area contributed by atoms with Gasteiger partial charge in [-0.2, -0.15) is 0 Å². The minimum atomic E-state index is -0.984. The number of carboxylic acid groups (broad SMARTS) is 1. The highest BCUT2D eigenvalue weighted by molar-refractivity contribution is 5.85. The van der Waals surface area contributed by atoms with Crippen LogP contribution in [0, 0.1) is 0 Å². The van der Waals surface area contributed by atoms with E-state index in [1.54, 1.807) is 0 Å². The molecule has 0 saturated heterocycles. The van der Waals surface area contributed by atoms with E-state index in [1.807, 2.05) is 48.5 Å². The molecule has 0 heterocycles. The summed E-state index contributed by atoms with van der Waals surface area (Å²) < 4.78 is 0. The maximum absolute atomic E-state index is 11.0. The Bertz CT molecular complexity index is 593. The van der Waals surface area contributed by atoms with E-state index in [-0.39, 0.29) is 24.5 Å². The minimum Gasteiger partial charge on any atom is -0.465 e. The van der Waals surface area contributed by atoms with Crippen LogP contribution in [0.1, 0.15) is 24.0 Å². The van der Waals surface area contributed by atoms with Crippen molar-refractivity contribution in [3.63, 3.8) is 0 Å². The molecule has 4 nitrogen and oxygen atoms in total. The Labute approximate surface area is 149 Å². The Morgan fingerprint density at radius 1 is 0.917 bits per heavy atom. The first-order valence-corrected chi connectivity index (χ1v) is 7.96. The van der Waals surface area contributed by atoms with Gasteiger partial charge >= 0.3 is 6.09 Å². The van der Waals surface area contributed by atoms with Crippen molar-refractivity contribution in [2.75, 3.05) is 0 Å². The zero-order valence-corrected chi connectivity index (χ0v) is 14.4. The van der Waals surface area contributed by atoms with Crippen molar-refractivity contribution in [1.82, 2.24) is 5.32 Å². The summed E-state index contributed by atoms with van der Waals surface area (Å²) in [5.74, 6) is 0. The van der Waals surface area contributed by atoms with E-state index < -0.39 is 6.09 Å². The van der Waals surface area contributed by atoms with Crippen LogP contribution in [0.5, 0.6) is 0 Å². The van der Waals surface area contributed by atoms with Gasteiger partial charge in [0.2, 0.25) is 0 Å². The number of halogens is 1. The van der Waals surface area contributed by atoms with Gasteiger partial charge in [0.05, 0.1) is 0 Å². The molecule has 0 aliphatic carbocycles. The fourth-order valence-electron chi connectivity index (χ4n) is 2.73. The highest BCUT2D eigenvalue weighted by atomic mass is 35.5. The molecular formula is C19H25ClN2O2. The number of hydrogen-bond donors (Lipinski definition) is 3. The number of hydrogen-bond acceptors (Lipinski definition) is 2. The van der Waals surface area contributed by atoms with Gasteiger partial charge in [-0.05, 0) is 36.8 Å². The Morgan fingerprint density at radius 3 is 1.92 bits per heavy atom. The zero-order chi connectivity index (χ0) is 16.5. The van der Waals surface area contributed by atoms with Crippen LogP contribution in [0.2, 0.25) is 0 Å². The second-order valence-corrected chi connectivity index (χ2v) is 5.86.